The number of hydrogen-bond donors (Lipinski definition) is 0. The topological polar surface area (TPSA) is 13.1 Å². The first-order chi connectivity index (χ1) is 10.3. The molecule has 1 heteroatoms. The molecule has 0 fully saturated rings. The van der Waals surface area contributed by atoms with Gasteiger partial charge in [-0.3, -0.25) is 0 Å². The van der Waals surface area contributed by atoms with Crippen LogP contribution in [0.15, 0.2) is 41.4 Å². The maximum absolute atomic E-state index is 5.97. The van der Waals surface area contributed by atoms with E-state index in [2.05, 4.69) is 37.8 Å². The van der Waals surface area contributed by atoms with Gasteiger partial charge in [0, 0.05) is 5.39 Å². The summed E-state index contributed by atoms with van der Waals surface area (Å²) in [7, 11) is 0. The van der Waals surface area contributed by atoms with Crippen molar-refractivity contribution < 1.29 is 4.42 Å². The van der Waals surface area contributed by atoms with Gasteiger partial charge >= 0.3 is 0 Å². The van der Waals surface area contributed by atoms with Crippen molar-refractivity contribution in [3.63, 3.8) is 0 Å². The molecular weight excluding hydrogens is 256 g/mol. The predicted octanol–water partition coefficient (Wildman–Crippen LogP) is 5.68. The second-order valence-electron chi connectivity index (χ2n) is 6.02. The smallest absolute Gasteiger partial charge is 0.138 e. The molecule has 0 spiro atoms. The number of benzene rings is 1. The van der Waals surface area contributed by atoms with E-state index in [4.69, 9.17) is 4.42 Å². The van der Waals surface area contributed by atoms with E-state index in [9.17, 15) is 0 Å². The van der Waals surface area contributed by atoms with Crippen LogP contribution >= 0.6 is 0 Å². The van der Waals surface area contributed by atoms with Crippen LogP contribution in [0, 0.1) is 6.92 Å². The second-order valence-corrected chi connectivity index (χ2v) is 6.02. The fraction of sp³-hybridized carbons (Fsp3) is 0.400. The molecule has 0 unspecified atom stereocenters. The monoisotopic (exact) mass is 280 g/mol. The maximum atomic E-state index is 5.97. The van der Waals surface area contributed by atoms with Crippen molar-refractivity contribution in [2.45, 2.75) is 51.9 Å². The van der Waals surface area contributed by atoms with Crippen molar-refractivity contribution in [3.8, 4) is 0 Å². The quantitative estimate of drug-likeness (QED) is 0.489. The third-order valence-electron chi connectivity index (χ3n) is 4.36. The highest BCUT2D eigenvalue weighted by Crippen LogP contribution is 2.34. The van der Waals surface area contributed by atoms with E-state index in [1.165, 1.54) is 42.2 Å². The summed E-state index contributed by atoms with van der Waals surface area (Å²) in [6.07, 6.45) is 14.7. The number of furan rings is 1. The largest absolute Gasteiger partial charge is 0.461 e. The Labute approximate surface area is 127 Å². The van der Waals surface area contributed by atoms with Crippen molar-refractivity contribution in [2.75, 3.05) is 0 Å². The van der Waals surface area contributed by atoms with Gasteiger partial charge in [-0.2, -0.15) is 0 Å². The Kier molecular flexibility index (Phi) is 4.28. The van der Waals surface area contributed by atoms with Gasteiger partial charge in [-0.05, 0) is 74.6 Å². The van der Waals surface area contributed by atoms with Gasteiger partial charge in [0.2, 0.25) is 0 Å². The molecule has 3 rings (SSSR count). The Morgan fingerprint density at radius 1 is 1.19 bits per heavy atom. The van der Waals surface area contributed by atoms with Gasteiger partial charge in [0.25, 0.3) is 0 Å². The molecule has 0 saturated carbocycles. The summed E-state index contributed by atoms with van der Waals surface area (Å²) in [5.41, 5.74) is 5.53. The summed E-state index contributed by atoms with van der Waals surface area (Å²) in [4.78, 5) is 0. The third-order valence-corrected chi connectivity index (χ3v) is 4.36. The van der Waals surface area contributed by atoms with Gasteiger partial charge < -0.3 is 4.42 Å². The van der Waals surface area contributed by atoms with Crippen LogP contribution in [0.1, 0.15) is 48.1 Å². The highest BCUT2D eigenvalue weighted by molar-refractivity contribution is 5.86. The Hall–Kier alpha value is -1.76. The molecule has 0 N–H and O–H groups in total. The second kappa shape index (κ2) is 6.34. The van der Waals surface area contributed by atoms with Crippen LogP contribution in [-0.4, -0.2) is 0 Å². The van der Waals surface area contributed by atoms with Crippen LogP contribution in [0.2, 0.25) is 0 Å². The molecule has 1 aliphatic rings. The normalized spacial score (nSPS) is 14.1. The fourth-order valence-corrected chi connectivity index (χ4v) is 3.35. The molecule has 21 heavy (non-hydrogen) atoms. The van der Waals surface area contributed by atoms with E-state index < -0.39 is 0 Å². The van der Waals surface area contributed by atoms with E-state index >= 15 is 0 Å². The maximum Gasteiger partial charge on any atom is 0.138 e. The highest BCUT2D eigenvalue weighted by atomic mass is 16.3. The number of hydrogen-bond acceptors (Lipinski definition) is 1. The van der Waals surface area contributed by atoms with Gasteiger partial charge in [0.15, 0.2) is 0 Å². The fourth-order valence-electron chi connectivity index (χ4n) is 3.35. The van der Waals surface area contributed by atoms with E-state index in [1.54, 1.807) is 5.56 Å². The van der Waals surface area contributed by atoms with E-state index in [0.717, 1.165) is 30.6 Å². The van der Waals surface area contributed by atoms with Gasteiger partial charge in [0.1, 0.15) is 11.3 Å². The van der Waals surface area contributed by atoms with Crippen LogP contribution < -0.4 is 0 Å². The molecule has 0 radical (unpaired) electrons. The molecule has 0 bridgehead atoms. The molecule has 0 amide bonds. The SMILES string of the molecule is C=CCCC/C=C/Cc1cc2c(c3cc(C)oc13)CCC2. The van der Waals surface area contributed by atoms with Crippen LogP contribution in [0.3, 0.4) is 0 Å². The summed E-state index contributed by atoms with van der Waals surface area (Å²) in [6.45, 7) is 5.81. The van der Waals surface area contributed by atoms with Gasteiger partial charge in [-0.1, -0.05) is 24.3 Å². The molecule has 1 nitrogen and oxygen atoms in total. The molecule has 1 heterocycles. The zero-order chi connectivity index (χ0) is 14.7. The standard InChI is InChI=1S/C20H24O/c1-3-4-5-6-7-8-10-17-14-16-11-9-12-18(16)19-13-15(2)21-20(17)19/h3,7-8,13-14H,1,4-6,9-12H2,2H3/b8-7+. The minimum absolute atomic E-state index is 0.977. The van der Waals surface area contributed by atoms with Crippen LogP contribution in [0.25, 0.3) is 11.0 Å². The Morgan fingerprint density at radius 2 is 2.10 bits per heavy atom. The highest BCUT2D eigenvalue weighted by Gasteiger charge is 2.18. The lowest BCUT2D eigenvalue weighted by Gasteiger charge is -2.05. The zero-order valence-electron chi connectivity index (χ0n) is 13.0. The first kappa shape index (κ1) is 14.2. The average Bonchev–Trinajstić information content (AvgIpc) is 3.07. The van der Waals surface area contributed by atoms with Crippen molar-refractivity contribution >= 4 is 11.0 Å². The van der Waals surface area contributed by atoms with Gasteiger partial charge in [-0.25, -0.2) is 0 Å². The number of rotatable bonds is 6. The van der Waals surface area contributed by atoms with Crippen molar-refractivity contribution in [1.29, 1.82) is 0 Å². The summed E-state index contributed by atoms with van der Waals surface area (Å²) < 4.78 is 5.97. The van der Waals surface area contributed by atoms with Crippen LogP contribution in [-0.2, 0) is 19.3 Å². The first-order valence-corrected chi connectivity index (χ1v) is 8.09. The summed E-state index contributed by atoms with van der Waals surface area (Å²) in [6, 6.07) is 4.60. The van der Waals surface area contributed by atoms with Crippen LogP contribution in [0.5, 0.6) is 0 Å². The molecule has 1 aromatic heterocycles. The van der Waals surface area contributed by atoms with Crippen molar-refractivity contribution in [2.24, 2.45) is 0 Å². The molecule has 1 aromatic carbocycles. The molecule has 1 aliphatic carbocycles. The number of unbranched alkanes of at least 4 members (excludes halogenated alkanes) is 2. The molecule has 0 atom stereocenters. The minimum Gasteiger partial charge on any atom is -0.461 e. The lowest BCUT2D eigenvalue weighted by molar-refractivity contribution is 0.575. The molecule has 110 valence electrons. The van der Waals surface area contributed by atoms with E-state index in [0.29, 0.717) is 0 Å². The number of allylic oxidation sites excluding steroid dienone is 3. The predicted molar refractivity (Wildman–Crippen MR) is 89.9 cm³/mol. The Morgan fingerprint density at radius 3 is 2.95 bits per heavy atom. The van der Waals surface area contributed by atoms with Crippen LogP contribution in [0.4, 0.5) is 0 Å². The number of fused-ring (bicyclic) bond motifs is 3. The molecule has 0 saturated heterocycles. The molecular formula is C20H24O. The number of aryl methyl sites for hydroxylation is 3. The van der Waals surface area contributed by atoms with Crippen molar-refractivity contribution in [1.82, 2.24) is 0 Å². The van der Waals surface area contributed by atoms with Crippen molar-refractivity contribution in [3.05, 3.63) is 59.4 Å². The Bertz CT molecular complexity index is 673. The summed E-state index contributed by atoms with van der Waals surface area (Å²) in [5.74, 6) is 1.03. The summed E-state index contributed by atoms with van der Waals surface area (Å²) >= 11 is 0. The Balaban J connectivity index is 1.82. The molecule has 0 aliphatic heterocycles. The summed E-state index contributed by atoms with van der Waals surface area (Å²) in [5, 5.41) is 1.36. The minimum atomic E-state index is 0.977. The zero-order valence-corrected chi connectivity index (χ0v) is 13.0. The lowest BCUT2D eigenvalue weighted by Crippen LogP contribution is -1.89. The molecule has 2 aromatic rings. The lowest BCUT2D eigenvalue weighted by atomic mass is 9.99. The first-order valence-electron chi connectivity index (χ1n) is 8.09. The average molecular weight is 280 g/mol. The van der Waals surface area contributed by atoms with Gasteiger partial charge in [0.05, 0.1) is 0 Å². The van der Waals surface area contributed by atoms with E-state index in [-0.39, 0.29) is 0 Å². The van der Waals surface area contributed by atoms with Gasteiger partial charge in [-0.15, -0.1) is 6.58 Å². The third kappa shape index (κ3) is 2.97. The van der Waals surface area contributed by atoms with E-state index in [1.807, 2.05) is 6.08 Å².